The van der Waals surface area contributed by atoms with E-state index in [1.807, 2.05) is 72.8 Å². The fourth-order valence-corrected chi connectivity index (χ4v) is 3.24. The molecule has 1 radical (unpaired) electrons. The lowest BCUT2D eigenvalue weighted by Gasteiger charge is -2.08. The summed E-state index contributed by atoms with van der Waals surface area (Å²) in [6, 6.07) is 25.9. The van der Waals surface area contributed by atoms with Gasteiger partial charge in [-0.1, -0.05) is 41.7 Å². The van der Waals surface area contributed by atoms with E-state index in [0.717, 1.165) is 32.9 Å². The average molecular weight is 374 g/mol. The molecular formula is C21H16N3O2S. The van der Waals surface area contributed by atoms with Gasteiger partial charge in [-0.2, -0.15) is 0 Å². The molecule has 1 heterocycles. The van der Waals surface area contributed by atoms with Crippen molar-refractivity contribution >= 4 is 22.2 Å². The maximum absolute atomic E-state index is 5.94. The minimum Gasteiger partial charge on any atom is -0.497 e. The van der Waals surface area contributed by atoms with Gasteiger partial charge in [0.05, 0.1) is 7.11 Å². The van der Waals surface area contributed by atoms with E-state index >= 15 is 0 Å². The molecule has 1 N–H and O–H groups in total. The molecule has 0 spiro atoms. The van der Waals surface area contributed by atoms with Crippen molar-refractivity contribution in [2.45, 2.75) is 0 Å². The van der Waals surface area contributed by atoms with E-state index in [9.17, 15) is 0 Å². The molecule has 0 aliphatic heterocycles. The highest BCUT2D eigenvalue weighted by Crippen LogP contribution is 2.32. The fraction of sp³-hybridized carbons (Fsp3) is 0.0476. The summed E-state index contributed by atoms with van der Waals surface area (Å²) in [5, 5.41) is 13.3. The van der Waals surface area contributed by atoms with Gasteiger partial charge in [0.15, 0.2) is 0 Å². The first-order valence-corrected chi connectivity index (χ1v) is 9.11. The zero-order valence-corrected chi connectivity index (χ0v) is 15.4. The van der Waals surface area contributed by atoms with Crippen LogP contribution in [-0.4, -0.2) is 17.3 Å². The zero-order valence-electron chi connectivity index (χ0n) is 14.5. The first-order valence-electron chi connectivity index (χ1n) is 8.29. The van der Waals surface area contributed by atoms with E-state index in [2.05, 4.69) is 21.6 Å². The third-order valence-corrected chi connectivity index (χ3v) is 4.63. The molecule has 1 aromatic heterocycles. The maximum Gasteiger partial charge on any atom is 0.210 e. The van der Waals surface area contributed by atoms with Crippen molar-refractivity contribution in [1.82, 2.24) is 10.2 Å². The molecule has 3 aromatic carbocycles. The van der Waals surface area contributed by atoms with Gasteiger partial charge in [0.2, 0.25) is 5.13 Å². The Morgan fingerprint density at radius 3 is 2.56 bits per heavy atom. The summed E-state index contributed by atoms with van der Waals surface area (Å²) in [5.41, 5.74) is 1.87. The van der Waals surface area contributed by atoms with E-state index in [1.165, 1.54) is 11.3 Å². The van der Waals surface area contributed by atoms with Crippen LogP contribution in [0.2, 0.25) is 0 Å². The number of nitrogens with zero attached hydrogens (tertiary/aromatic N) is 2. The van der Waals surface area contributed by atoms with Crippen LogP contribution in [-0.2, 0) is 0 Å². The number of benzene rings is 3. The molecule has 0 bridgehead atoms. The Bertz CT molecular complexity index is 1030. The van der Waals surface area contributed by atoms with Gasteiger partial charge in [-0.3, -0.25) is 0 Å². The molecular weight excluding hydrogens is 358 g/mol. The molecule has 27 heavy (non-hydrogen) atoms. The van der Waals surface area contributed by atoms with Crippen LogP contribution in [0.3, 0.4) is 0 Å². The van der Waals surface area contributed by atoms with Gasteiger partial charge < -0.3 is 14.8 Å². The van der Waals surface area contributed by atoms with Crippen LogP contribution in [0.25, 0.3) is 10.6 Å². The van der Waals surface area contributed by atoms with Crippen molar-refractivity contribution in [2.75, 3.05) is 12.4 Å². The van der Waals surface area contributed by atoms with Crippen molar-refractivity contribution < 1.29 is 9.47 Å². The normalized spacial score (nSPS) is 10.4. The molecule has 4 aromatic rings. The van der Waals surface area contributed by atoms with Gasteiger partial charge in [0, 0.05) is 17.3 Å². The first kappa shape index (κ1) is 17.1. The summed E-state index contributed by atoms with van der Waals surface area (Å²) in [6.45, 7) is 0. The predicted octanol–water partition coefficient (Wildman–Crippen LogP) is 5.55. The Kier molecular flexibility index (Phi) is 4.98. The van der Waals surface area contributed by atoms with Gasteiger partial charge in [0.1, 0.15) is 22.3 Å². The van der Waals surface area contributed by atoms with Gasteiger partial charge in [-0.15, -0.1) is 10.2 Å². The molecule has 0 aliphatic rings. The Morgan fingerprint density at radius 2 is 1.74 bits per heavy atom. The second kappa shape index (κ2) is 7.88. The molecule has 4 rings (SSSR count). The molecule has 0 aliphatic carbocycles. The third kappa shape index (κ3) is 4.24. The predicted molar refractivity (Wildman–Crippen MR) is 107 cm³/mol. The van der Waals surface area contributed by atoms with Crippen LogP contribution in [0.1, 0.15) is 0 Å². The molecule has 0 saturated heterocycles. The number of ether oxygens (including phenoxy) is 2. The van der Waals surface area contributed by atoms with Crippen molar-refractivity contribution in [3.05, 3.63) is 78.9 Å². The summed E-state index contributed by atoms with van der Waals surface area (Å²) in [7, 11) is 1.63. The Labute approximate surface area is 161 Å². The molecule has 5 nitrogen and oxygen atoms in total. The molecule has 0 atom stereocenters. The summed E-state index contributed by atoms with van der Waals surface area (Å²) in [6.07, 6.45) is 0. The van der Waals surface area contributed by atoms with Gasteiger partial charge in [-0.25, -0.2) is 0 Å². The molecule has 133 valence electrons. The lowest BCUT2D eigenvalue weighted by atomic mass is 10.2. The third-order valence-electron chi connectivity index (χ3n) is 3.74. The fourth-order valence-electron chi connectivity index (χ4n) is 2.48. The summed E-state index contributed by atoms with van der Waals surface area (Å²) >= 11 is 1.48. The number of rotatable bonds is 6. The largest absolute Gasteiger partial charge is 0.497 e. The van der Waals surface area contributed by atoms with E-state index in [-0.39, 0.29) is 0 Å². The highest BCUT2D eigenvalue weighted by atomic mass is 32.1. The maximum atomic E-state index is 5.94. The zero-order chi connectivity index (χ0) is 18.5. The number of methoxy groups -OCH3 is 1. The number of hydrogen-bond acceptors (Lipinski definition) is 6. The van der Waals surface area contributed by atoms with E-state index in [1.54, 1.807) is 7.11 Å². The van der Waals surface area contributed by atoms with Crippen LogP contribution in [0.15, 0.2) is 72.8 Å². The molecule has 0 fully saturated rings. The van der Waals surface area contributed by atoms with Crippen LogP contribution in [0.5, 0.6) is 17.2 Å². The minimum atomic E-state index is 0.714. The van der Waals surface area contributed by atoms with Crippen molar-refractivity contribution in [3.8, 4) is 27.8 Å². The Balaban J connectivity index is 1.52. The SMILES string of the molecule is COc1cccc(Oc2cccc(-c3nnc(Nc4c[c]ccc4)s3)c2)c1. The van der Waals surface area contributed by atoms with Crippen molar-refractivity contribution in [1.29, 1.82) is 0 Å². The van der Waals surface area contributed by atoms with Gasteiger partial charge in [0.25, 0.3) is 0 Å². The number of anilines is 2. The average Bonchev–Trinajstić information content (AvgIpc) is 3.18. The monoisotopic (exact) mass is 374 g/mol. The van der Waals surface area contributed by atoms with Crippen molar-refractivity contribution in [2.24, 2.45) is 0 Å². The smallest absolute Gasteiger partial charge is 0.210 e. The summed E-state index contributed by atoms with van der Waals surface area (Å²) < 4.78 is 11.2. The Hall–Kier alpha value is -3.38. The number of aromatic nitrogens is 2. The quantitative estimate of drug-likeness (QED) is 0.479. The van der Waals surface area contributed by atoms with Gasteiger partial charge >= 0.3 is 0 Å². The van der Waals surface area contributed by atoms with Crippen LogP contribution < -0.4 is 14.8 Å². The van der Waals surface area contributed by atoms with Crippen LogP contribution in [0.4, 0.5) is 10.8 Å². The van der Waals surface area contributed by atoms with Crippen molar-refractivity contribution in [3.63, 3.8) is 0 Å². The molecule has 6 heteroatoms. The molecule has 0 amide bonds. The number of hydrogen-bond donors (Lipinski definition) is 1. The second-order valence-electron chi connectivity index (χ2n) is 5.64. The lowest BCUT2D eigenvalue weighted by molar-refractivity contribution is 0.409. The highest BCUT2D eigenvalue weighted by molar-refractivity contribution is 7.18. The second-order valence-corrected chi connectivity index (χ2v) is 6.62. The highest BCUT2D eigenvalue weighted by Gasteiger charge is 2.09. The summed E-state index contributed by atoms with van der Waals surface area (Å²) in [4.78, 5) is 0. The summed E-state index contributed by atoms with van der Waals surface area (Å²) in [5.74, 6) is 2.19. The number of nitrogens with one attached hydrogen (secondary N) is 1. The van der Waals surface area contributed by atoms with E-state index in [4.69, 9.17) is 9.47 Å². The standard InChI is InChI=1S/C21H16N3O2S/c1-25-17-10-6-12-19(14-17)26-18-11-5-7-15(13-18)20-23-24-21(27-20)22-16-8-3-2-4-9-16/h2-3,5-14H,1H3,(H,22,24). The first-order chi connectivity index (χ1) is 13.3. The van der Waals surface area contributed by atoms with E-state index < -0.39 is 0 Å². The van der Waals surface area contributed by atoms with E-state index in [0.29, 0.717) is 5.75 Å². The molecule has 0 unspecified atom stereocenters. The van der Waals surface area contributed by atoms with Crippen LogP contribution in [0, 0.1) is 6.07 Å². The van der Waals surface area contributed by atoms with Crippen LogP contribution >= 0.6 is 11.3 Å². The topological polar surface area (TPSA) is 56.3 Å². The minimum absolute atomic E-state index is 0.714. The Morgan fingerprint density at radius 1 is 0.926 bits per heavy atom. The van der Waals surface area contributed by atoms with Gasteiger partial charge in [-0.05, 0) is 42.5 Å². The molecule has 0 saturated carbocycles. The lowest BCUT2D eigenvalue weighted by Crippen LogP contribution is -1.88.